The molecule has 0 bridgehead atoms. The van der Waals surface area contributed by atoms with E-state index in [1.54, 1.807) is 0 Å². The Labute approximate surface area is 65.6 Å². The predicted octanol–water partition coefficient (Wildman–Crippen LogP) is 0.0951. The predicted molar refractivity (Wildman–Crippen MR) is 30.5 cm³/mol. The fourth-order valence-electron chi connectivity index (χ4n) is 0.227. The summed E-state index contributed by atoms with van der Waals surface area (Å²) >= 11 is 0.708. The minimum absolute atomic E-state index is 0. The van der Waals surface area contributed by atoms with Crippen molar-refractivity contribution in [3.63, 3.8) is 0 Å². The Bertz CT molecular complexity index is 64.0. The van der Waals surface area contributed by atoms with Crippen LogP contribution in [0.1, 0.15) is 0 Å². The van der Waals surface area contributed by atoms with Gasteiger partial charge in [-0.2, -0.15) is 0 Å². The van der Waals surface area contributed by atoms with Crippen LogP contribution < -0.4 is 0 Å². The first kappa shape index (κ1) is 7.00. The van der Waals surface area contributed by atoms with Crippen molar-refractivity contribution in [3.8, 4) is 0 Å². The van der Waals surface area contributed by atoms with E-state index < -0.39 is 0 Å². The zero-order chi connectivity index (χ0) is 3.54. The quantitative estimate of drug-likeness (QED) is 0.466. The van der Waals surface area contributed by atoms with Crippen molar-refractivity contribution in [1.82, 2.24) is 0 Å². The molecule has 1 aromatic rings. The van der Waals surface area contributed by atoms with Crippen molar-refractivity contribution < 1.29 is 0 Å². The third-order valence-electron chi connectivity index (χ3n) is 0.425. The monoisotopic (exact) mass is 156 g/mol. The molecule has 1 rings (SSSR count). The van der Waals surface area contributed by atoms with Gasteiger partial charge in [-0.15, -0.1) is 0 Å². The van der Waals surface area contributed by atoms with E-state index in [1.807, 2.05) is 0 Å². The number of hydrogen-bond donors (Lipinski definition) is 0. The number of hydrogen-bond acceptors (Lipinski definition) is 0. The molecule has 0 atom stereocenters. The summed E-state index contributed by atoms with van der Waals surface area (Å²) in [5, 5.41) is 0. The van der Waals surface area contributed by atoms with E-state index in [1.165, 1.54) is 0 Å². The second kappa shape index (κ2) is 4.17. The van der Waals surface area contributed by atoms with E-state index in [0.717, 1.165) is 0 Å². The number of rotatable bonds is 0. The third-order valence-corrected chi connectivity index (χ3v) is 1.74. The Hall–Kier alpha value is 0.999. The van der Waals surface area contributed by atoms with Gasteiger partial charge in [-0.3, -0.25) is 0 Å². The second-order valence-corrected chi connectivity index (χ2v) is 2.51. The summed E-state index contributed by atoms with van der Waals surface area (Å²) in [4.78, 5) is 4.38. The molecule has 0 amide bonds. The van der Waals surface area contributed by atoms with Crippen molar-refractivity contribution in [2.45, 2.75) is 0 Å². The molecule has 0 radical (unpaired) electrons. The first-order valence-corrected chi connectivity index (χ1v) is 3.45. The van der Waals surface area contributed by atoms with E-state index in [9.17, 15) is 0 Å². The van der Waals surface area contributed by atoms with Crippen LogP contribution in [-0.4, -0.2) is 44.1 Å². The molecule has 6 heavy (non-hydrogen) atoms. The molecule has 0 aliphatic carbocycles. The molecule has 0 unspecified atom stereocenters. The minimum atomic E-state index is 0. The summed E-state index contributed by atoms with van der Waals surface area (Å²) in [6.45, 7) is 0. The topological polar surface area (TPSA) is 0 Å². The Morgan fingerprint density at radius 2 is 1.50 bits per heavy atom. The Balaban J connectivity index is 0.000000250. The van der Waals surface area contributed by atoms with Gasteiger partial charge >= 0.3 is 66.1 Å². The van der Waals surface area contributed by atoms with Crippen LogP contribution in [0.5, 0.6) is 0 Å². The maximum absolute atomic E-state index is 2.19. The first-order chi connectivity index (χ1) is 2.50. The van der Waals surface area contributed by atoms with Crippen molar-refractivity contribution in [1.29, 1.82) is 0 Å². The van der Waals surface area contributed by atoms with Gasteiger partial charge in [0.05, 0.1) is 0 Å². The summed E-state index contributed by atoms with van der Waals surface area (Å²) in [7, 11) is 0. The fraction of sp³-hybridized carbons (Fsp3) is 0. The average molecular weight is 155 g/mol. The Morgan fingerprint density at radius 1 is 1.00 bits per heavy atom. The molecular formula is C4H5NaSe. The molecule has 0 aliphatic heterocycles. The van der Waals surface area contributed by atoms with Gasteiger partial charge in [0, 0.05) is 0 Å². The van der Waals surface area contributed by atoms with E-state index in [0.29, 0.717) is 14.5 Å². The first-order valence-electron chi connectivity index (χ1n) is 1.47. The van der Waals surface area contributed by atoms with Gasteiger partial charge in [0.2, 0.25) is 0 Å². The van der Waals surface area contributed by atoms with Crippen LogP contribution in [0.4, 0.5) is 0 Å². The van der Waals surface area contributed by atoms with E-state index in [2.05, 4.69) is 22.0 Å². The molecule has 0 N–H and O–H groups in total. The van der Waals surface area contributed by atoms with E-state index >= 15 is 0 Å². The maximum atomic E-state index is 2.19. The summed E-state index contributed by atoms with van der Waals surface area (Å²) < 4.78 is 0. The van der Waals surface area contributed by atoms with Crippen LogP contribution in [-0.2, 0) is 0 Å². The molecular weight excluding hydrogens is 150 g/mol. The van der Waals surface area contributed by atoms with Gasteiger partial charge in [-0.05, 0) is 0 Å². The van der Waals surface area contributed by atoms with E-state index in [-0.39, 0.29) is 29.6 Å². The van der Waals surface area contributed by atoms with Crippen LogP contribution in [0.3, 0.4) is 0 Å². The van der Waals surface area contributed by atoms with Crippen LogP contribution in [0.25, 0.3) is 0 Å². The van der Waals surface area contributed by atoms with Crippen molar-refractivity contribution in [2.75, 3.05) is 0 Å². The molecule has 1 aromatic heterocycles. The molecule has 28 valence electrons. The van der Waals surface area contributed by atoms with Crippen molar-refractivity contribution >= 4 is 44.1 Å². The van der Waals surface area contributed by atoms with Gasteiger partial charge < -0.3 is 0 Å². The molecule has 0 nitrogen and oxygen atoms in total. The van der Waals surface area contributed by atoms with Crippen molar-refractivity contribution in [2.24, 2.45) is 0 Å². The third kappa shape index (κ3) is 2.22. The average Bonchev–Trinajstić information content (AvgIpc) is 1.76. The standard InChI is InChI=1S/C4H4Se.Na.H/c1-2-4-5-3-1;;/h1-4H;;. The van der Waals surface area contributed by atoms with Crippen LogP contribution >= 0.6 is 0 Å². The van der Waals surface area contributed by atoms with Gasteiger partial charge in [0.15, 0.2) is 0 Å². The van der Waals surface area contributed by atoms with E-state index in [4.69, 9.17) is 0 Å². The Morgan fingerprint density at radius 3 is 1.67 bits per heavy atom. The van der Waals surface area contributed by atoms with Crippen LogP contribution in [0.15, 0.2) is 22.0 Å². The second-order valence-electron chi connectivity index (χ2n) is 0.793. The molecule has 2 heteroatoms. The Kier molecular flexibility index (Phi) is 4.86. The normalized spacial score (nSPS) is 6.67. The zero-order valence-electron chi connectivity index (χ0n) is 2.72. The van der Waals surface area contributed by atoms with Crippen molar-refractivity contribution in [3.05, 3.63) is 22.0 Å². The van der Waals surface area contributed by atoms with Gasteiger partial charge in [0.1, 0.15) is 0 Å². The fourth-order valence-corrected chi connectivity index (χ4v) is 1.18. The summed E-state index contributed by atoms with van der Waals surface area (Å²) in [6.07, 6.45) is 0. The zero-order valence-corrected chi connectivity index (χ0v) is 4.43. The molecule has 0 fully saturated rings. The summed E-state index contributed by atoms with van der Waals surface area (Å²) in [5.41, 5.74) is 0. The molecule has 0 saturated heterocycles. The summed E-state index contributed by atoms with van der Waals surface area (Å²) in [5.74, 6) is 0. The molecule has 1 heterocycles. The van der Waals surface area contributed by atoms with Gasteiger partial charge in [-0.1, -0.05) is 0 Å². The molecule has 0 saturated carbocycles. The molecule has 0 spiro atoms. The SMILES string of the molecule is [NaH].c1cc[se]c1. The van der Waals surface area contributed by atoms with Gasteiger partial charge in [0.25, 0.3) is 0 Å². The summed E-state index contributed by atoms with van der Waals surface area (Å²) in [6, 6.07) is 4.17. The van der Waals surface area contributed by atoms with Crippen LogP contribution in [0, 0.1) is 0 Å². The van der Waals surface area contributed by atoms with Gasteiger partial charge in [-0.25, -0.2) is 0 Å². The molecule has 0 aromatic carbocycles. The van der Waals surface area contributed by atoms with Crippen LogP contribution in [0.2, 0.25) is 0 Å². The molecule has 0 aliphatic rings.